The molecule has 0 aliphatic carbocycles. The van der Waals surface area contributed by atoms with Gasteiger partial charge in [-0.15, -0.1) is 0 Å². The van der Waals surface area contributed by atoms with E-state index in [0.717, 1.165) is 0 Å². The Kier molecular flexibility index (Phi) is 3.11. The van der Waals surface area contributed by atoms with E-state index in [0.29, 0.717) is 18.5 Å². The van der Waals surface area contributed by atoms with E-state index in [1.165, 1.54) is 0 Å². The highest BCUT2D eigenvalue weighted by Gasteiger charge is 2.29. The summed E-state index contributed by atoms with van der Waals surface area (Å²) in [5.74, 6) is -0.971. The van der Waals surface area contributed by atoms with E-state index < -0.39 is 5.97 Å². The maximum Gasteiger partial charge on any atom is 0.335 e. The molecule has 5 nitrogen and oxygen atoms in total. The van der Waals surface area contributed by atoms with Gasteiger partial charge in [0.15, 0.2) is 0 Å². The molecule has 2 amide bonds. The second-order valence-corrected chi connectivity index (χ2v) is 3.11. The number of hydrogen-bond donors (Lipinski definition) is 3. The van der Waals surface area contributed by atoms with Crippen LogP contribution in [-0.4, -0.2) is 23.1 Å². The van der Waals surface area contributed by atoms with Crippen molar-refractivity contribution < 1.29 is 14.7 Å². The lowest BCUT2D eigenvalue weighted by Gasteiger charge is -2.26. The summed E-state index contributed by atoms with van der Waals surface area (Å²) in [7, 11) is 0. The topological polar surface area (TPSA) is 78.4 Å². The lowest BCUT2D eigenvalue weighted by Crippen LogP contribution is -2.49. The third-order valence-corrected chi connectivity index (χ3v) is 2.24. The van der Waals surface area contributed by atoms with Gasteiger partial charge in [0.1, 0.15) is 0 Å². The Balaban J connectivity index is 3.08. The molecule has 5 heteroatoms. The van der Waals surface area contributed by atoms with Crippen molar-refractivity contribution in [3.05, 3.63) is 11.3 Å². The molecule has 0 aromatic rings. The fourth-order valence-electron chi connectivity index (χ4n) is 1.54. The lowest BCUT2D eigenvalue weighted by molar-refractivity contribution is -0.133. The average molecular weight is 198 g/mol. The van der Waals surface area contributed by atoms with Gasteiger partial charge in [-0.2, -0.15) is 0 Å². The fraction of sp³-hybridized carbons (Fsp3) is 0.556. The smallest absolute Gasteiger partial charge is 0.335 e. The molecule has 1 aliphatic rings. The van der Waals surface area contributed by atoms with Gasteiger partial charge in [-0.1, -0.05) is 13.8 Å². The maximum atomic E-state index is 11.1. The summed E-state index contributed by atoms with van der Waals surface area (Å²) >= 11 is 0. The Morgan fingerprint density at radius 3 is 2.57 bits per heavy atom. The molecule has 0 saturated carbocycles. The van der Waals surface area contributed by atoms with Gasteiger partial charge in [-0.3, -0.25) is 0 Å². The molecule has 0 fully saturated rings. The van der Waals surface area contributed by atoms with E-state index >= 15 is 0 Å². The summed E-state index contributed by atoms with van der Waals surface area (Å²) in [4.78, 5) is 22.1. The summed E-state index contributed by atoms with van der Waals surface area (Å²) in [5.41, 5.74) is 0.780. The number of urea groups is 1. The zero-order chi connectivity index (χ0) is 10.7. The first-order chi connectivity index (χ1) is 6.60. The summed E-state index contributed by atoms with van der Waals surface area (Å²) in [6.07, 6.45) is 1.10. The van der Waals surface area contributed by atoms with Crippen molar-refractivity contribution in [1.29, 1.82) is 0 Å². The monoisotopic (exact) mass is 198 g/mol. The molecule has 0 saturated heterocycles. The van der Waals surface area contributed by atoms with Crippen LogP contribution in [0.1, 0.15) is 26.7 Å². The van der Waals surface area contributed by atoms with E-state index in [4.69, 9.17) is 5.11 Å². The molecule has 1 aliphatic heterocycles. The van der Waals surface area contributed by atoms with Crippen LogP contribution in [0.4, 0.5) is 4.79 Å². The van der Waals surface area contributed by atoms with E-state index in [2.05, 4.69) is 10.6 Å². The van der Waals surface area contributed by atoms with Gasteiger partial charge in [0.2, 0.25) is 0 Å². The van der Waals surface area contributed by atoms with Crippen LogP contribution in [0.2, 0.25) is 0 Å². The van der Waals surface area contributed by atoms with Crippen molar-refractivity contribution in [2.75, 3.05) is 0 Å². The van der Waals surface area contributed by atoms with Crippen molar-refractivity contribution in [1.82, 2.24) is 10.6 Å². The van der Waals surface area contributed by atoms with Crippen LogP contribution in [0, 0.1) is 0 Å². The standard InChI is InChI=1S/C9H14N2O3/c1-3-5-7(8(12)13)6(4-2)11-9(14)10-5/h5H,3-4H2,1-2H3,(H,12,13)(H2,10,11,14). The number of allylic oxidation sites excluding steroid dienone is 1. The molecule has 0 aromatic carbocycles. The van der Waals surface area contributed by atoms with Crippen LogP contribution in [-0.2, 0) is 4.79 Å². The largest absolute Gasteiger partial charge is 0.478 e. The fourth-order valence-corrected chi connectivity index (χ4v) is 1.54. The van der Waals surface area contributed by atoms with E-state index in [1.54, 1.807) is 0 Å². The summed E-state index contributed by atoms with van der Waals surface area (Å²) in [6, 6.07) is -0.699. The summed E-state index contributed by atoms with van der Waals surface area (Å²) in [5, 5.41) is 14.1. The van der Waals surface area contributed by atoms with Crippen LogP contribution >= 0.6 is 0 Å². The molecule has 0 radical (unpaired) electrons. The second-order valence-electron chi connectivity index (χ2n) is 3.11. The van der Waals surface area contributed by atoms with Crippen LogP contribution < -0.4 is 10.6 Å². The van der Waals surface area contributed by atoms with Crippen molar-refractivity contribution in [2.45, 2.75) is 32.7 Å². The average Bonchev–Trinajstić information content (AvgIpc) is 2.15. The lowest BCUT2D eigenvalue weighted by atomic mass is 9.99. The zero-order valence-corrected chi connectivity index (χ0v) is 8.26. The summed E-state index contributed by atoms with van der Waals surface area (Å²) in [6.45, 7) is 3.66. The molecule has 1 heterocycles. The first kappa shape index (κ1) is 10.6. The Hall–Kier alpha value is -1.52. The number of carboxylic acids is 1. The van der Waals surface area contributed by atoms with Gasteiger partial charge < -0.3 is 15.7 Å². The number of hydrogen-bond acceptors (Lipinski definition) is 2. The number of carboxylic acid groups (broad SMARTS) is 1. The van der Waals surface area contributed by atoms with Crippen molar-refractivity contribution in [3.63, 3.8) is 0 Å². The van der Waals surface area contributed by atoms with Crippen molar-refractivity contribution in [2.24, 2.45) is 0 Å². The van der Waals surface area contributed by atoms with Gasteiger partial charge in [0, 0.05) is 5.70 Å². The molecule has 1 atom stereocenters. The molecular formula is C9H14N2O3. The molecule has 14 heavy (non-hydrogen) atoms. The van der Waals surface area contributed by atoms with E-state index in [9.17, 15) is 9.59 Å². The SMILES string of the molecule is CCC1=C(C(=O)O)C(CC)NC(=O)N1. The molecule has 1 rings (SSSR count). The maximum absolute atomic E-state index is 11.1. The van der Waals surface area contributed by atoms with Gasteiger partial charge in [0.05, 0.1) is 11.6 Å². The number of carbonyl (C=O) groups excluding carboxylic acids is 1. The molecule has 0 spiro atoms. The minimum absolute atomic E-state index is 0.273. The number of rotatable bonds is 3. The third kappa shape index (κ3) is 1.86. The van der Waals surface area contributed by atoms with Gasteiger partial charge in [0.25, 0.3) is 0 Å². The second kappa shape index (κ2) is 4.13. The van der Waals surface area contributed by atoms with Crippen LogP contribution in [0.25, 0.3) is 0 Å². The van der Waals surface area contributed by atoms with E-state index in [1.807, 2.05) is 13.8 Å². The molecule has 3 N–H and O–H groups in total. The van der Waals surface area contributed by atoms with Gasteiger partial charge in [-0.25, -0.2) is 9.59 Å². The van der Waals surface area contributed by atoms with Crippen molar-refractivity contribution in [3.8, 4) is 0 Å². The minimum atomic E-state index is -0.971. The molecule has 0 bridgehead atoms. The van der Waals surface area contributed by atoms with Crippen LogP contribution in [0.15, 0.2) is 11.3 Å². The molecular weight excluding hydrogens is 184 g/mol. The van der Waals surface area contributed by atoms with Crippen LogP contribution in [0.3, 0.4) is 0 Å². The number of aliphatic carboxylic acids is 1. The van der Waals surface area contributed by atoms with Gasteiger partial charge in [-0.05, 0) is 12.8 Å². The Morgan fingerprint density at radius 1 is 1.50 bits per heavy atom. The predicted molar refractivity (Wildman–Crippen MR) is 50.7 cm³/mol. The molecule has 1 unspecified atom stereocenters. The highest BCUT2D eigenvalue weighted by Crippen LogP contribution is 2.16. The first-order valence-corrected chi connectivity index (χ1v) is 4.64. The number of amides is 2. The number of carbonyl (C=O) groups is 2. The normalized spacial score (nSPS) is 21.6. The quantitative estimate of drug-likeness (QED) is 0.628. The Bertz CT molecular complexity index is 296. The predicted octanol–water partition coefficient (Wildman–Crippen LogP) is 0.827. The van der Waals surface area contributed by atoms with E-state index in [-0.39, 0.29) is 17.6 Å². The molecule has 0 aromatic heterocycles. The summed E-state index contributed by atoms with van der Waals surface area (Å²) < 4.78 is 0. The highest BCUT2D eigenvalue weighted by molar-refractivity contribution is 5.93. The minimum Gasteiger partial charge on any atom is -0.478 e. The number of nitrogens with one attached hydrogen (secondary N) is 2. The first-order valence-electron chi connectivity index (χ1n) is 4.64. The zero-order valence-electron chi connectivity index (χ0n) is 8.26. The van der Waals surface area contributed by atoms with Gasteiger partial charge >= 0.3 is 12.0 Å². The Labute approximate surface area is 82.2 Å². The van der Waals surface area contributed by atoms with Crippen molar-refractivity contribution >= 4 is 12.0 Å². The third-order valence-electron chi connectivity index (χ3n) is 2.24. The Morgan fingerprint density at radius 2 is 2.14 bits per heavy atom. The highest BCUT2D eigenvalue weighted by atomic mass is 16.4. The molecule has 78 valence electrons. The van der Waals surface area contributed by atoms with Crippen LogP contribution in [0.5, 0.6) is 0 Å².